The van der Waals surface area contributed by atoms with E-state index in [0.29, 0.717) is 6.04 Å². The third kappa shape index (κ3) is 3.32. The summed E-state index contributed by atoms with van der Waals surface area (Å²) in [6.45, 7) is 0.229. The van der Waals surface area contributed by atoms with E-state index >= 15 is 0 Å². The number of aliphatic hydroxyl groups excluding tert-OH is 1. The van der Waals surface area contributed by atoms with E-state index in [1.165, 1.54) is 0 Å². The lowest BCUT2D eigenvalue weighted by Crippen LogP contribution is -2.28. The molecule has 0 amide bonds. The van der Waals surface area contributed by atoms with Gasteiger partial charge in [-0.1, -0.05) is 11.8 Å². The Hall–Kier alpha value is -0.520. The van der Waals surface area contributed by atoms with Crippen molar-refractivity contribution in [3.63, 3.8) is 0 Å². The Morgan fingerprint density at radius 3 is 3.00 bits per heavy atom. The molecule has 1 unspecified atom stereocenters. The van der Waals surface area contributed by atoms with E-state index in [2.05, 4.69) is 10.3 Å². The van der Waals surface area contributed by atoms with Gasteiger partial charge in [-0.25, -0.2) is 4.98 Å². The van der Waals surface area contributed by atoms with Crippen LogP contribution in [0.3, 0.4) is 0 Å². The van der Waals surface area contributed by atoms with Crippen LogP contribution in [0.4, 0.5) is 0 Å². The quantitative estimate of drug-likeness (QED) is 0.678. The second kappa shape index (κ2) is 6.06. The van der Waals surface area contributed by atoms with E-state index in [9.17, 15) is 0 Å². The molecule has 0 aliphatic rings. The molecule has 0 spiro atoms. The van der Waals surface area contributed by atoms with Gasteiger partial charge in [-0.15, -0.1) is 0 Å². The van der Waals surface area contributed by atoms with Crippen LogP contribution in [0.5, 0.6) is 0 Å². The van der Waals surface area contributed by atoms with Gasteiger partial charge in [0.25, 0.3) is 0 Å². The van der Waals surface area contributed by atoms with E-state index in [1.807, 2.05) is 24.9 Å². The number of rotatable bonds is 6. The summed E-state index contributed by atoms with van der Waals surface area (Å²) < 4.78 is 2.00. The van der Waals surface area contributed by atoms with E-state index in [1.54, 1.807) is 18.0 Å². The molecule has 4 nitrogen and oxygen atoms in total. The van der Waals surface area contributed by atoms with Crippen molar-refractivity contribution >= 4 is 11.8 Å². The lowest BCUT2D eigenvalue weighted by molar-refractivity contribution is 0.273. The minimum atomic E-state index is 0.229. The molecule has 1 heterocycles. The second-order valence-corrected chi connectivity index (χ2v) is 4.12. The van der Waals surface area contributed by atoms with Crippen molar-refractivity contribution in [2.24, 2.45) is 7.05 Å². The highest BCUT2D eigenvalue weighted by molar-refractivity contribution is 7.99. The monoisotopic (exact) mass is 215 g/mol. The Labute approximate surface area is 88.7 Å². The minimum Gasteiger partial charge on any atom is -0.396 e. The third-order valence-corrected chi connectivity index (χ3v) is 3.30. The van der Waals surface area contributed by atoms with Gasteiger partial charge in [0.15, 0.2) is 5.16 Å². The van der Waals surface area contributed by atoms with Gasteiger partial charge >= 0.3 is 0 Å². The normalized spacial score (nSPS) is 13.1. The van der Waals surface area contributed by atoms with Gasteiger partial charge in [-0.3, -0.25) is 0 Å². The number of nitrogens with one attached hydrogen (secondary N) is 1. The molecule has 2 N–H and O–H groups in total. The molecule has 0 bridgehead atoms. The van der Waals surface area contributed by atoms with Crippen LogP contribution in [0.15, 0.2) is 17.6 Å². The Morgan fingerprint density at radius 1 is 1.71 bits per heavy atom. The van der Waals surface area contributed by atoms with Crippen molar-refractivity contribution in [1.82, 2.24) is 14.9 Å². The van der Waals surface area contributed by atoms with Crippen LogP contribution >= 0.6 is 11.8 Å². The highest BCUT2D eigenvalue weighted by atomic mass is 32.2. The highest BCUT2D eigenvalue weighted by Gasteiger charge is 2.07. The number of hydrogen-bond acceptors (Lipinski definition) is 4. The van der Waals surface area contributed by atoms with Gasteiger partial charge < -0.3 is 15.0 Å². The zero-order valence-electron chi connectivity index (χ0n) is 8.60. The fourth-order valence-corrected chi connectivity index (χ4v) is 2.22. The molecule has 0 aliphatic heterocycles. The van der Waals surface area contributed by atoms with Gasteiger partial charge in [-0.05, 0) is 13.5 Å². The van der Waals surface area contributed by atoms with Crippen molar-refractivity contribution in [3.05, 3.63) is 12.4 Å². The van der Waals surface area contributed by atoms with Crippen LogP contribution in [-0.2, 0) is 7.05 Å². The highest BCUT2D eigenvalue weighted by Crippen LogP contribution is 2.16. The molecule has 0 aromatic carbocycles. The van der Waals surface area contributed by atoms with E-state index in [0.717, 1.165) is 17.3 Å². The second-order valence-electron chi connectivity index (χ2n) is 3.13. The number of aromatic nitrogens is 2. The van der Waals surface area contributed by atoms with Gasteiger partial charge in [-0.2, -0.15) is 0 Å². The first-order chi connectivity index (χ1) is 6.77. The fraction of sp³-hybridized carbons (Fsp3) is 0.667. The average molecular weight is 215 g/mol. The van der Waals surface area contributed by atoms with E-state index in [-0.39, 0.29) is 6.61 Å². The van der Waals surface area contributed by atoms with Crippen LogP contribution in [0.2, 0.25) is 0 Å². The molecule has 0 fully saturated rings. The van der Waals surface area contributed by atoms with Crippen LogP contribution in [-0.4, -0.2) is 40.1 Å². The third-order valence-electron chi connectivity index (χ3n) is 2.08. The first-order valence-electron chi connectivity index (χ1n) is 4.66. The average Bonchev–Trinajstić information content (AvgIpc) is 2.59. The SMILES string of the molecule is CNC(CCO)CSc1nccn1C. The van der Waals surface area contributed by atoms with Gasteiger partial charge in [0, 0.05) is 37.8 Å². The summed E-state index contributed by atoms with van der Waals surface area (Å²) in [4.78, 5) is 4.22. The summed E-state index contributed by atoms with van der Waals surface area (Å²) in [5.41, 5.74) is 0. The maximum absolute atomic E-state index is 8.81. The van der Waals surface area contributed by atoms with Gasteiger partial charge in [0.1, 0.15) is 0 Å². The van der Waals surface area contributed by atoms with Crippen molar-refractivity contribution in [2.75, 3.05) is 19.4 Å². The maximum Gasteiger partial charge on any atom is 0.167 e. The Kier molecular flexibility index (Phi) is 5.00. The maximum atomic E-state index is 8.81. The molecule has 0 saturated heterocycles. The van der Waals surface area contributed by atoms with E-state index < -0.39 is 0 Å². The van der Waals surface area contributed by atoms with Gasteiger partial charge in [0.05, 0.1) is 0 Å². The molecule has 1 aromatic heterocycles. The topological polar surface area (TPSA) is 50.1 Å². The lowest BCUT2D eigenvalue weighted by Gasteiger charge is -2.13. The molecule has 1 atom stereocenters. The van der Waals surface area contributed by atoms with Crippen molar-refractivity contribution in [1.29, 1.82) is 0 Å². The van der Waals surface area contributed by atoms with Gasteiger partial charge in [0.2, 0.25) is 0 Å². The number of aliphatic hydroxyl groups is 1. The molecule has 1 rings (SSSR count). The molecular weight excluding hydrogens is 198 g/mol. The van der Waals surface area contributed by atoms with Crippen molar-refractivity contribution < 1.29 is 5.11 Å². The molecule has 5 heteroatoms. The smallest absolute Gasteiger partial charge is 0.167 e. The summed E-state index contributed by atoms with van der Waals surface area (Å²) >= 11 is 1.70. The zero-order chi connectivity index (χ0) is 10.4. The lowest BCUT2D eigenvalue weighted by atomic mass is 10.2. The molecule has 1 aromatic rings. The molecule has 0 aliphatic carbocycles. The molecule has 80 valence electrons. The molecule has 14 heavy (non-hydrogen) atoms. The van der Waals surface area contributed by atoms with Crippen LogP contribution in [0.1, 0.15) is 6.42 Å². The van der Waals surface area contributed by atoms with E-state index in [4.69, 9.17) is 5.11 Å². The Morgan fingerprint density at radius 2 is 2.50 bits per heavy atom. The number of aryl methyl sites for hydroxylation is 1. The molecular formula is C9H17N3OS. The minimum absolute atomic E-state index is 0.229. The standard InChI is InChI=1S/C9H17N3OS/c1-10-8(3-6-13)7-14-9-11-4-5-12(9)2/h4-5,8,10,13H,3,6-7H2,1-2H3. The zero-order valence-corrected chi connectivity index (χ0v) is 9.42. The predicted molar refractivity (Wildman–Crippen MR) is 58.5 cm³/mol. The van der Waals surface area contributed by atoms with Crippen molar-refractivity contribution in [2.45, 2.75) is 17.6 Å². The molecule has 0 saturated carbocycles. The molecule has 0 radical (unpaired) electrons. The van der Waals surface area contributed by atoms with Crippen molar-refractivity contribution in [3.8, 4) is 0 Å². The summed E-state index contributed by atoms with van der Waals surface area (Å²) in [5.74, 6) is 0.932. The summed E-state index contributed by atoms with van der Waals surface area (Å²) in [6, 6.07) is 0.349. The first-order valence-corrected chi connectivity index (χ1v) is 5.64. The summed E-state index contributed by atoms with van der Waals surface area (Å²) in [7, 11) is 3.90. The first kappa shape index (κ1) is 11.6. The van der Waals surface area contributed by atoms with Crippen LogP contribution in [0.25, 0.3) is 0 Å². The summed E-state index contributed by atoms with van der Waals surface area (Å²) in [5, 5.41) is 13.0. The van der Waals surface area contributed by atoms with Crippen LogP contribution < -0.4 is 5.32 Å². The Bertz CT molecular complexity index is 264. The predicted octanol–water partition coefficient (Wildman–Crippen LogP) is 0.483. The van der Waals surface area contributed by atoms with Crippen LogP contribution in [0, 0.1) is 0 Å². The Balaban J connectivity index is 2.35. The fourth-order valence-electron chi connectivity index (χ4n) is 1.13. The number of thioether (sulfide) groups is 1. The number of hydrogen-bond donors (Lipinski definition) is 2. The number of imidazole rings is 1. The largest absolute Gasteiger partial charge is 0.396 e. The number of nitrogens with zero attached hydrogens (tertiary/aromatic N) is 2. The summed E-state index contributed by atoms with van der Waals surface area (Å²) in [6.07, 6.45) is 4.51.